The topological polar surface area (TPSA) is 151 Å². The monoisotopic (exact) mass is 326 g/mol. The fraction of sp³-hybridized carbons (Fsp3) is 0.769. The summed E-state index contributed by atoms with van der Waals surface area (Å²) in [5.41, 5.74) is 11.3. The predicted molar refractivity (Wildman–Crippen MR) is 83.2 cm³/mol. The van der Waals surface area contributed by atoms with E-state index in [0.29, 0.717) is 25.4 Å². The maximum absolute atomic E-state index is 10.3. The van der Waals surface area contributed by atoms with Crippen molar-refractivity contribution in [2.45, 2.75) is 43.2 Å². The second-order valence-corrected chi connectivity index (χ2v) is 5.60. The average molecular weight is 326 g/mol. The molecule has 0 aromatic heterocycles. The van der Waals surface area contributed by atoms with Crippen LogP contribution in [0.1, 0.15) is 6.42 Å². The summed E-state index contributed by atoms with van der Waals surface area (Å²) in [6, 6.07) is -0.376. The lowest BCUT2D eigenvalue weighted by Crippen LogP contribution is -2.52. The number of nitrogens with two attached hydrogens (primary N) is 2. The lowest BCUT2D eigenvalue weighted by atomic mass is 10.1. The minimum absolute atomic E-state index is 0.305. The van der Waals surface area contributed by atoms with Crippen LogP contribution in [-0.4, -0.2) is 90.1 Å². The van der Waals surface area contributed by atoms with Crippen LogP contribution in [0.15, 0.2) is 15.0 Å². The molecule has 10 heteroatoms. The summed E-state index contributed by atoms with van der Waals surface area (Å²) in [5.74, 6) is 0.376. The van der Waals surface area contributed by atoms with Crippen molar-refractivity contribution in [2.75, 3.05) is 19.8 Å². The zero-order valence-corrected chi connectivity index (χ0v) is 12.6. The van der Waals surface area contributed by atoms with Gasteiger partial charge in [-0.3, -0.25) is 4.99 Å². The molecule has 0 radical (unpaired) electrons. The van der Waals surface area contributed by atoms with Crippen molar-refractivity contribution >= 4 is 18.5 Å². The first-order chi connectivity index (χ1) is 11.2. The van der Waals surface area contributed by atoms with E-state index in [0.717, 1.165) is 0 Å². The largest absolute Gasteiger partial charge is 0.394 e. The van der Waals surface area contributed by atoms with Gasteiger partial charge in [0, 0.05) is 6.61 Å². The van der Waals surface area contributed by atoms with Gasteiger partial charge in [-0.2, -0.15) is 0 Å². The van der Waals surface area contributed by atoms with E-state index in [9.17, 15) is 10.2 Å². The number of aliphatic hydroxyl groups is 2. The first kappa shape index (κ1) is 16.3. The normalized spacial score (nSPS) is 38.9. The molecule has 3 rings (SSSR count). The van der Waals surface area contributed by atoms with E-state index < -0.39 is 24.5 Å². The second-order valence-electron chi connectivity index (χ2n) is 5.60. The van der Waals surface area contributed by atoms with Gasteiger partial charge in [0.15, 0.2) is 12.4 Å². The molecule has 1 saturated heterocycles. The van der Waals surface area contributed by atoms with Crippen LogP contribution in [0, 0.1) is 0 Å². The van der Waals surface area contributed by atoms with Crippen molar-refractivity contribution in [1.29, 1.82) is 0 Å². The molecule has 128 valence electrons. The van der Waals surface area contributed by atoms with E-state index >= 15 is 0 Å². The van der Waals surface area contributed by atoms with Gasteiger partial charge in [-0.1, -0.05) is 0 Å². The zero-order valence-electron chi connectivity index (χ0n) is 12.6. The average Bonchev–Trinajstić information content (AvgIpc) is 3.10. The van der Waals surface area contributed by atoms with Crippen molar-refractivity contribution in [3.63, 3.8) is 0 Å². The molecular weight excluding hydrogens is 304 g/mol. The number of aliphatic imine (C=N–C) groups is 3. The molecule has 0 aromatic rings. The molecule has 0 amide bonds. The van der Waals surface area contributed by atoms with E-state index in [1.54, 1.807) is 11.2 Å². The Kier molecular flexibility index (Phi) is 4.87. The molecule has 23 heavy (non-hydrogen) atoms. The Morgan fingerprint density at radius 3 is 2.96 bits per heavy atom. The molecule has 3 aliphatic rings. The molecule has 3 unspecified atom stereocenters. The Morgan fingerprint density at radius 2 is 2.22 bits per heavy atom. The number of rotatable bonds is 6. The highest BCUT2D eigenvalue weighted by atomic mass is 16.6. The van der Waals surface area contributed by atoms with E-state index in [1.165, 1.54) is 6.34 Å². The maximum Gasteiger partial charge on any atom is 0.162 e. The van der Waals surface area contributed by atoms with Crippen molar-refractivity contribution in [3.05, 3.63) is 0 Å². The third-order valence-corrected chi connectivity index (χ3v) is 4.12. The fourth-order valence-electron chi connectivity index (χ4n) is 2.90. The Bertz CT molecular complexity index is 513. The first-order valence-corrected chi connectivity index (χ1v) is 7.59. The summed E-state index contributed by atoms with van der Waals surface area (Å²) < 4.78 is 11.5. The number of hydrogen-bond acceptors (Lipinski definition) is 10. The third-order valence-electron chi connectivity index (χ3n) is 4.12. The van der Waals surface area contributed by atoms with Crippen LogP contribution in [0.4, 0.5) is 0 Å². The summed E-state index contributed by atoms with van der Waals surface area (Å²) in [4.78, 5) is 14.3. The summed E-state index contributed by atoms with van der Waals surface area (Å²) in [5, 5.41) is 19.7. The lowest BCUT2D eigenvalue weighted by molar-refractivity contribution is -0.0951. The molecule has 1 fully saturated rings. The lowest BCUT2D eigenvalue weighted by Gasteiger charge is -2.33. The van der Waals surface area contributed by atoms with Gasteiger partial charge in [-0.05, 0) is 13.0 Å². The molecular formula is C13H22N6O4. The fourth-order valence-corrected chi connectivity index (χ4v) is 2.90. The third kappa shape index (κ3) is 2.95. The highest BCUT2D eigenvalue weighted by Gasteiger charge is 2.50. The van der Waals surface area contributed by atoms with Gasteiger partial charge < -0.3 is 36.1 Å². The Hall–Kier alpha value is -1.59. The van der Waals surface area contributed by atoms with Gasteiger partial charge in [0.05, 0.1) is 12.9 Å². The van der Waals surface area contributed by atoms with Crippen molar-refractivity contribution < 1.29 is 19.7 Å². The minimum Gasteiger partial charge on any atom is -0.394 e. The predicted octanol–water partition coefficient (Wildman–Crippen LogP) is -2.76. The zero-order chi connectivity index (χ0) is 16.4. The standard InChI is InChI=1S/C13H22N6O4/c14-2-1-3-22-10-9(21)7(4-20)23-13(10)19-6-18-8-11(15)16-5-17-12(8)19/h5-10,12-13,20-21H,1-4,14H2,(H2,15,16,17)/t7-,8?,9?,10+,12?,13-/m1/s1. The van der Waals surface area contributed by atoms with Crippen LogP contribution in [0.5, 0.6) is 0 Å². The van der Waals surface area contributed by atoms with Crippen molar-refractivity contribution in [2.24, 2.45) is 26.4 Å². The van der Waals surface area contributed by atoms with Crippen LogP contribution in [0.2, 0.25) is 0 Å². The SMILES string of the molecule is NCCCO[C@H]1C(O)[C@@H](CO)O[C@H]1N1C=NC2C(N)=NC=NC21. The van der Waals surface area contributed by atoms with Gasteiger partial charge in [-0.25, -0.2) is 9.98 Å². The Morgan fingerprint density at radius 1 is 1.39 bits per heavy atom. The molecule has 3 heterocycles. The van der Waals surface area contributed by atoms with Gasteiger partial charge in [0.25, 0.3) is 0 Å². The van der Waals surface area contributed by atoms with E-state index in [-0.39, 0.29) is 18.8 Å². The molecule has 0 aromatic carbocycles. The van der Waals surface area contributed by atoms with Crippen molar-refractivity contribution in [1.82, 2.24) is 4.90 Å². The number of fused-ring (bicyclic) bond motifs is 1. The Labute approximate surface area is 133 Å². The minimum atomic E-state index is -0.950. The highest BCUT2D eigenvalue weighted by molar-refractivity contribution is 5.96. The molecule has 10 nitrogen and oxygen atoms in total. The van der Waals surface area contributed by atoms with Gasteiger partial charge in [-0.15, -0.1) is 0 Å². The molecule has 0 bridgehead atoms. The van der Waals surface area contributed by atoms with Gasteiger partial charge in [0.1, 0.15) is 36.5 Å². The molecule has 6 atom stereocenters. The highest BCUT2D eigenvalue weighted by Crippen LogP contribution is 2.31. The summed E-state index contributed by atoms with van der Waals surface area (Å²) >= 11 is 0. The van der Waals surface area contributed by atoms with E-state index in [1.807, 2.05) is 0 Å². The Balaban J connectivity index is 1.75. The number of amidine groups is 1. The van der Waals surface area contributed by atoms with E-state index in [2.05, 4.69) is 15.0 Å². The van der Waals surface area contributed by atoms with Crippen molar-refractivity contribution in [3.8, 4) is 0 Å². The quantitative estimate of drug-likeness (QED) is 0.386. The maximum atomic E-state index is 10.3. The molecule has 0 saturated carbocycles. The van der Waals surface area contributed by atoms with Crippen LogP contribution in [0.25, 0.3) is 0 Å². The number of hydrogen-bond donors (Lipinski definition) is 4. The van der Waals surface area contributed by atoms with E-state index in [4.69, 9.17) is 20.9 Å². The second kappa shape index (κ2) is 6.89. The molecule has 3 aliphatic heterocycles. The van der Waals surface area contributed by atoms with Crippen LogP contribution >= 0.6 is 0 Å². The van der Waals surface area contributed by atoms with Gasteiger partial charge in [0.2, 0.25) is 0 Å². The molecule has 0 spiro atoms. The summed E-state index contributed by atoms with van der Waals surface area (Å²) in [7, 11) is 0. The summed E-state index contributed by atoms with van der Waals surface area (Å²) in [6.45, 7) is 0.577. The smallest absolute Gasteiger partial charge is 0.162 e. The first-order valence-electron chi connectivity index (χ1n) is 7.59. The number of ether oxygens (including phenoxy) is 2. The number of aliphatic hydroxyl groups excluding tert-OH is 2. The van der Waals surface area contributed by atoms with Crippen LogP contribution in [0.3, 0.4) is 0 Å². The number of nitrogens with zero attached hydrogens (tertiary/aromatic N) is 4. The van der Waals surface area contributed by atoms with Crippen LogP contribution < -0.4 is 11.5 Å². The summed E-state index contributed by atoms with van der Waals surface area (Å²) in [6.07, 6.45) is 0.303. The van der Waals surface area contributed by atoms with Gasteiger partial charge >= 0.3 is 0 Å². The molecule has 0 aliphatic carbocycles. The van der Waals surface area contributed by atoms with Crippen LogP contribution in [-0.2, 0) is 9.47 Å². The molecule has 6 N–H and O–H groups in total.